The van der Waals surface area contributed by atoms with E-state index in [4.69, 9.17) is 0 Å². The molecule has 1 rings (SSSR count). The van der Waals surface area contributed by atoms with E-state index in [1.807, 2.05) is 6.20 Å². The molecule has 0 amide bonds. The zero-order valence-corrected chi connectivity index (χ0v) is 8.14. The van der Waals surface area contributed by atoms with Gasteiger partial charge in [0.15, 0.2) is 0 Å². The summed E-state index contributed by atoms with van der Waals surface area (Å²) < 4.78 is 2.32. The van der Waals surface area contributed by atoms with Crippen LogP contribution in [0.1, 0.15) is 38.9 Å². The molecule has 0 aromatic carbocycles. The number of hydrogen-bond acceptors (Lipinski definition) is 0. The number of rotatable bonds is 5. The molecule has 0 atom stereocenters. The lowest BCUT2D eigenvalue weighted by Gasteiger charge is -1.97. The van der Waals surface area contributed by atoms with E-state index < -0.39 is 0 Å². The Labute approximate surface area is 74.6 Å². The second kappa shape index (κ2) is 4.96. The third-order valence-electron chi connectivity index (χ3n) is 2.08. The van der Waals surface area contributed by atoms with E-state index in [2.05, 4.69) is 29.6 Å². The smallest absolute Gasteiger partial charge is 0.248 e. The minimum atomic E-state index is 1.14. The van der Waals surface area contributed by atoms with E-state index in [1.165, 1.54) is 31.5 Å². The van der Waals surface area contributed by atoms with Crippen LogP contribution < -0.4 is 4.57 Å². The fraction of sp³-hybridized carbons (Fsp3) is 0.700. The number of aryl methyl sites for hydroxylation is 2. The van der Waals surface area contributed by atoms with Crippen molar-refractivity contribution in [1.82, 2.24) is 4.98 Å². The largest absolute Gasteiger partial charge is 0.254 e. The second-order valence-corrected chi connectivity index (χ2v) is 3.20. The topological polar surface area (TPSA) is 19.7 Å². The standard InChI is InChI=1S/C10H18N2/c1-3-5-6-10-11-7-9-12(10)8-4-2/h7,9H,3-6,8H2,1-2H3/p+1. The van der Waals surface area contributed by atoms with Crippen LogP contribution in [-0.4, -0.2) is 4.98 Å². The maximum atomic E-state index is 3.29. The molecule has 2 nitrogen and oxygen atoms in total. The first-order chi connectivity index (χ1) is 5.88. The molecule has 0 fully saturated rings. The van der Waals surface area contributed by atoms with Gasteiger partial charge in [-0.25, -0.2) is 9.55 Å². The van der Waals surface area contributed by atoms with Crippen molar-refractivity contribution in [2.24, 2.45) is 0 Å². The number of nitrogens with zero attached hydrogens (tertiary/aromatic N) is 1. The number of unbranched alkanes of at least 4 members (excludes halogenated alkanes) is 1. The zero-order valence-electron chi connectivity index (χ0n) is 8.14. The van der Waals surface area contributed by atoms with Crippen molar-refractivity contribution in [3.8, 4) is 0 Å². The van der Waals surface area contributed by atoms with Crippen molar-refractivity contribution in [1.29, 1.82) is 0 Å². The molecule has 1 aromatic rings. The Hall–Kier alpha value is -0.790. The van der Waals surface area contributed by atoms with Crippen LogP contribution in [0.4, 0.5) is 0 Å². The first-order valence-electron chi connectivity index (χ1n) is 4.94. The summed E-state index contributed by atoms with van der Waals surface area (Å²) in [5, 5.41) is 0. The molecule has 0 radical (unpaired) electrons. The van der Waals surface area contributed by atoms with Gasteiger partial charge in [-0.15, -0.1) is 0 Å². The van der Waals surface area contributed by atoms with Gasteiger partial charge in [0.2, 0.25) is 0 Å². The fourth-order valence-corrected chi connectivity index (χ4v) is 1.41. The van der Waals surface area contributed by atoms with Crippen molar-refractivity contribution in [2.75, 3.05) is 0 Å². The van der Waals surface area contributed by atoms with Gasteiger partial charge in [0.05, 0.1) is 6.54 Å². The first kappa shape index (κ1) is 9.30. The zero-order chi connectivity index (χ0) is 8.81. The summed E-state index contributed by atoms with van der Waals surface area (Å²) in [4.78, 5) is 3.29. The van der Waals surface area contributed by atoms with E-state index in [-0.39, 0.29) is 0 Å². The number of hydrogen-bond donors (Lipinski definition) is 1. The van der Waals surface area contributed by atoms with E-state index in [0.717, 1.165) is 6.54 Å². The Bertz CT molecular complexity index is 215. The van der Waals surface area contributed by atoms with E-state index in [9.17, 15) is 0 Å². The molecule has 2 heteroatoms. The number of imidazole rings is 1. The molecule has 68 valence electrons. The molecule has 0 saturated carbocycles. The summed E-state index contributed by atoms with van der Waals surface area (Å²) in [5.74, 6) is 1.37. The highest BCUT2D eigenvalue weighted by Crippen LogP contribution is 1.96. The van der Waals surface area contributed by atoms with E-state index >= 15 is 0 Å². The Morgan fingerprint density at radius 2 is 2.17 bits per heavy atom. The predicted octanol–water partition coefficient (Wildman–Crippen LogP) is 2.05. The lowest BCUT2D eigenvalue weighted by molar-refractivity contribution is -0.702. The van der Waals surface area contributed by atoms with Gasteiger partial charge in [0, 0.05) is 6.42 Å². The summed E-state index contributed by atoms with van der Waals surface area (Å²) in [6.07, 6.45) is 9.11. The van der Waals surface area contributed by atoms with Crippen molar-refractivity contribution in [2.45, 2.75) is 46.1 Å². The third-order valence-corrected chi connectivity index (χ3v) is 2.08. The molecule has 0 bridgehead atoms. The minimum Gasteiger partial charge on any atom is -0.248 e. The molecule has 12 heavy (non-hydrogen) atoms. The lowest BCUT2D eigenvalue weighted by atomic mass is 10.2. The SMILES string of the molecule is CCCCc1[nH]cc[n+]1CCC. The van der Waals surface area contributed by atoms with Crippen LogP contribution in [-0.2, 0) is 13.0 Å². The number of aromatic nitrogens is 2. The number of aromatic amines is 1. The maximum absolute atomic E-state index is 3.29. The molecule has 1 heterocycles. The molecule has 0 aliphatic heterocycles. The molecular formula is C10H19N2+. The molecule has 0 spiro atoms. The maximum Gasteiger partial charge on any atom is 0.254 e. The van der Waals surface area contributed by atoms with Gasteiger partial charge in [-0.3, -0.25) is 0 Å². The molecular weight excluding hydrogens is 148 g/mol. The quantitative estimate of drug-likeness (QED) is 0.648. The van der Waals surface area contributed by atoms with Gasteiger partial charge < -0.3 is 0 Å². The van der Waals surface area contributed by atoms with Crippen molar-refractivity contribution in [3.05, 3.63) is 18.2 Å². The Morgan fingerprint density at radius 1 is 1.33 bits per heavy atom. The molecule has 0 saturated heterocycles. The number of nitrogens with one attached hydrogen (secondary N) is 1. The van der Waals surface area contributed by atoms with Gasteiger partial charge in [0.25, 0.3) is 5.82 Å². The minimum absolute atomic E-state index is 1.14. The van der Waals surface area contributed by atoms with Crippen LogP contribution in [0.2, 0.25) is 0 Å². The molecule has 0 aliphatic rings. The Morgan fingerprint density at radius 3 is 2.83 bits per heavy atom. The van der Waals surface area contributed by atoms with Gasteiger partial charge in [-0.05, 0) is 12.8 Å². The summed E-state index contributed by atoms with van der Waals surface area (Å²) >= 11 is 0. The third kappa shape index (κ3) is 2.36. The van der Waals surface area contributed by atoms with Crippen LogP contribution >= 0.6 is 0 Å². The van der Waals surface area contributed by atoms with Gasteiger partial charge in [0.1, 0.15) is 12.4 Å². The van der Waals surface area contributed by atoms with Crippen molar-refractivity contribution < 1.29 is 4.57 Å². The monoisotopic (exact) mass is 167 g/mol. The van der Waals surface area contributed by atoms with E-state index in [1.54, 1.807) is 0 Å². The Kier molecular flexibility index (Phi) is 3.85. The molecule has 0 aliphatic carbocycles. The predicted molar refractivity (Wildman–Crippen MR) is 49.9 cm³/mol. The summed E-state index contributed by atoms with van der Waals surface area (Å²) in [6, 6.07) is 0. The second-order valence-electron chi connectivity index (χ2n) is 3.20. The average molecular weight is 167 g/mol. The highest BCUT2D eigenvalue weighted by molar-refractivity contribution is 4.76. The van der Waals surface area contributed by atoms with Crippen LogP contribution in [0.3, 0.4) is 0 Å². The van der Waals surface area contributed by atoms with Crippen molar-refractivity contribution in [3.63, 3.8) is 0 Å². The van der Waals surface area contributed by atoms with Crippen LogP contribution in [0.25, 0.3) is 0 Å². The van der Waals surface area contributed by atoms with Crippen LogP contribution in [0.15, 0.2) is 12.4 Å². The molecule has 1 N–H and O–H groups in total. The van der Waals surface area contributed by atoms with E-state index in [0.29, 0.717) is 0 Å². The highest BCUT2D eigenvalue weighted by Gasteiger charge is 2.07. The normalized spacial score (nSPS) is 10.5. The van der Waals surface area contributed by atoms with Gasteiger partial charge >= 0.3 is 0 Å². The lowest BCUT2D eigenvalue weighted by Crippen LogP contribution is -2.35. The summed E-state index contributed by atoms with van der Waals surface area (Å²) in [5.41, 5.74) is 0. The molecule has 1 aromatic heterocycles. The number of H-pyrrole nitrogens is 1. The summed E-state index contributed by atoms with van der Waals surface area (Å²) in [7, 11) is 0. The first-order valence-corrected chi connectivity index (χ1v) is 4.94. The Balaban J connectivity index is 2.51. The fourth-order valence-electron chi connectivity index (χ4n) is 1.41. The van der Waals surface area contributed by atoms with Gasteiger partial charge in [-0.1, -0.05) is 20.3 Å². The van der Waals surface area contributed by atoms with Crippen LogP contribution in [0, 0.1) is 0 Å². The van der Waals surface area contributed by atoms with Crippen molar-refractivity contribution >= 4 is 0 Å². The highest BCUT2D eigenvalue weighted by atomic mass is 15.1. The van der Waals surface area contributed by atoms with Crippen LogP contribution in [0.5, 0.6) is 0 Å². The average Bonchev–Trinajstić information content (AvgIpc) is 2.50. The van der Waals surface area contributed by atoms with Gasteiger partial charge in [-0.2, -0.15) is 0 Å². The summed E-state index contributed by atoms with van der Waals surface area (Å²) in [6.45, 7) is 5.58. The molecule has 0 unspecified atom stereocenters.